The van der Waals surface area contributed by atoms with Crippen molar-refractivity contribution < 1.29 is 9.59 Å². The number of nitrogens with one attached hydrogen (secondary N) is 1. The number of hydrogen-bond donors (Lipinski definition) is 1. The molecule has 1 aromatic heterocycles. The van der Waals surface area contributed by atoms with E-state index in [1.807, 2.05) is 18.2 Å². The Morgan fingerprint density at radius 2 is 2.05 bits per heavy atom. The van der Waals surface area contributed by atoms with Crippen molar-refractivity contribution in [1.82, 2.24) is 4.98 Å². The van der Waals surface area contributed by atoms with Crippen molar-refractivity contribution in [3.63, 3.8) is 0 Å². The van der Waals surface area contributed by atoms with E-state index in [1.54, 1.807) is 19.1 Å². The number of ketones is 1. The number of hydrogen-bond acceptors (Lipinski definition) is 4. The Balaban J connectivity index is 2.07. The van der Waals surface area contributed by atoms with Crippen LogP contribution in [0.4, 0.5) is 5.13 Å². The largest absolute Gasteiger partial charge is 0.298 e. The Bertz CT molecular complexity index is 722. The fourth-order valence-electron chi connectivity index (χ4n) is 1.70. The van der Waals surface area contributed by atoms with E-state index in [1.165, 1.54) is 24.3 Å². The number of carbonyl (C=O) groups is 2. The second-order valence-corrected chi connectivity index (χ2v) is 5.74. The van der Waals surface area contributed by atoms with E-state index in [9.17, 15) is 9.59 Å². The first kappa shape index (κ1) is 15.4. The molecule has 1 aromatic carbocycles. The van der Waals surface area contributed by atoms with Crippen LogP contribution in [0.15, 0.2) is 30.3 Å². The van der Waals surface area contributed by atoms with Crippen LogP contribution in [0.5, 0.6) is 0 Å². The molecular weight excluding hydrogens is 308 g/mol. The van der Waals surface area contributed by atoms with Crippen molar-refractivity contribution in [3.05, 3.63) is 51.5 Å². The molecular formula is C15H13ClN2O2S. The summed E-state index contributed by atoms with van der Waals surface area (Å²) in [6.07, 6.45) is 3.01. The van der Waals surface area contributed by atoms with E-state index in [-0.39, 0.29) is 11.7 Å². The van der Waals surface area contributed by atoms with Gasteiger partial charge < -0.3 is 0 Å². The lowest BCUT2D eigenvalue weighted by atomic mass is 10.2. The molecule has 0 aliphatic carbocycles. The molecule has 0 aliphatic rings. The highest BCUT2D eigenvalue weighted by molar-refractivity contribution is 7.17. The second-order valence-electron chi connectivity index (χ2n) is 4.33. The number of Topliss-reactive ketones (excluding diaryl/α,β-unsaturated/α-hetero) is 1. The summed E-state index contributed by atoms with van der Waals surface area (Å²) in [7, 11) is 0. The van der Waals surface area contributed by atoms with Gasteiger partial charge in [0.15, 0.2) is 10.9 Å². The molecule has 0 radical (unpaired) electrons. The zero-order valence-electron chi connectivity index (χ0n) is 11.5. The highest BCUT2D eigenvalue weighted by atomic mass is 35.5. The molecule has 0 bridgehead atoms. The number of rotatable bonds is 4. The zero-order valence-corrected chi connectivity index (χ0v) is 13.1. The molecule has 0 aliphatic heterocycles. The highest BCUT2D eigenvalue weighted by Crippen LogP contribution is 2.23. The molecule has 21 heavy (non-hydrogen) atoms. The molecule has 1 amide bonds. The van der Waals surface area contributed by atoms with Gasteiger partial charge in [0, 0.05) is 18.0 Å². The number of aryl methyl sites for hydroxylation is 1. The summed E-state index contributed by atoms with van der Waals surface area (Å²) in [4.78, 5) is 27.9. The standard InChI is InChI=1S/C15H13ClN2O2S/c1-9-14(10(2)19)21-15(17-9)18-13(20)8-7-11-5-3-4-6-12(11)16/h3-8H,1-2H3,(H,17,18,20)/b8-7-. The number of aromatic nitrogens is 1. The minimum Gasteiger partial charge on any atom is -0.298 e. The van der Waals surface area contributed by atoms with Crippen molar-refractivity contribution in [2.75, 3.05) is 5.32 Å². The van der Waals surface area contributed by atoms with Gasteiger partial charge in [-0.15, -0.1) is 0 Å². The van der Waals surface area contributed by atoms with Gasteiger partial charge in [0.05, 0.1) is 10.6 Å². The number of amides is 1. The third kappa shape index (κ3) is 4.00. The molecule has 1 heterocycles. The van der Waals surface area contributed by atoms with Crippen LogP contribution in [0.3, 0.4) is 0 Å². The van der Waals surface area contributed by atoms with E-state index in [0.717, 1.165) is 5.56 Å². The molecule has 0 saturated carbocycles. The Morgan fingerprint density at radius 1 is 1.33 bits per heavy atom. The fourth-order valence-corrected chi connectivity index (χ4v) is 2.76. The Labute approximate surface area is 131 Å². The first-order chi connectivity index (χ1) is 9.97. The van der Waals surface area contributed by atoms with Gasteiger partial charge in [0.1, 0.15) is 0 Å². The lowest BCUT2D eigenvalue weighted by molar-refractivity contribution is -0.111. The molecule has 2 aromatic rings. The third-order valence-electron chi connectivity index (χ3n) is 2.67. The lowest BCUT2D eigenvalue weighted by Crippen LogP contribution is -2.07. The summed E-state index contributed by atoms with van der Waals surface area (Å²) in [5.41, 5.74) is 1.38. The normalized spacial score (nSPS) is 10.8. The number of carbonyl (C=O) groups excluding carboxylic acids is 2. The van der Waals surface area contributed by atoms with Crippen LogP contribution in [-0.2, 0) is 4.79 Å². The minimum atomic E-state index is -0.321. The first-order valence-corrected chi connectivity index (χ1v) is 7.39. The summed E-state index contributed by atoms with van der Waals surface area (Å²) in [5, 5.41) is 3.62. The highest BCUT2D eigenvalue weighted by Gasteiger charge is 2.12. The number of nitrogens with zero attached hydrogens (tertiary/aromatic N) is 1. The van der Waals surface area contributed by atoms with E-state index in [0.29, 0.717) is 20.7 Å². The maximum absolute atomic E-state index is 11.8. The SMILES string of the molecule is CC(=O)c1sc(NC(=O)/C=C\c2ccccc2Cl)nc1C. The monoisotopic (exact) mass is 320 g/mol. The van der Waals surface area contributed by atoms with Crippen LogP contribution < -0.4 is 5.32 Å². The van der Waals surface area contributed by atoms with E-state index < -0.39 is 0 Å². The van der Waals surface area contributed by atoms with Crippen molar-refractivity contribution in [1.29, 1.82) is 0 Å². The summed E-state index contributed by atoms with van der Waals surface area (Å²) in [6.45, 7) is 3.21. The van der Waals surface area contributed by atoms with Gasteiger partial charge in [-0.05, 0) is 24.6 Å². The van der Waals surface area contributed by atoms with Crippen LogP contribution in [0.25, 0.3) is 6.08 Å². The number of anilines is 1. The van der Waals surface area contributed by atoms with Crippen LogP contribution in [-0.4, -0.2) is 16.7 Å². The van der Waals surface area contributed by atoms with E-state index in [2.05, 4.69) is 10.3 Å². The van der Waals surface area contributed by atoms with Gasteiger partial charge in [-0.25, -0.2) is 4.98 Å². The van der Waals surface area contributed by atoms with Gasteiger partial charge in [-0.3, -0.25) is 14.9 Å². The molecule has 4 nitrogen and oxygen atoms in total. The van der Waals surface area contributed by atoms with Gasteiger partial charge >= 0.3 is 0 Å². The second kappa shape index (κ2) is 6.65. The topological polar surface area (TPSA) is 59.1 Å². The van der Waals surface area contributed by atoms with Crippen LogP contribution in [0.1, 0.15) is 27.9 Å². The van der Waals surface area contributed by atoms with Crippen molar-refractivity contribution in [3.8, 4) is 0 Å². The van der Waals surface area contributed by atoms with Gasteiger partial charge in [0.2, 0.25) is 5.91 Å². The van der Waals surface area contributed by atoms with Gasteiger partial charge in [-0.1, -0.05) is 41.1 Å². The van der Waals surface area contributed by atoms with Crippen molar-refractivity contribution in [2.45, 2.75) is 13.8 Å². The maximum atomic E-state index is 11.8. The predicted octanol–water partition coefficient (Wildman–Crippen LogP) is 3.96. The predicted molar refractivity (Wildman–Crippen MR) is 86.0 cm³/mol. The summed E-state index contributed by atoms with van der Waals surface area (Å²) in [6, 6.07) is 7.23. The van der Waals surface area contributed by atoms with Crippen molar-refractivity contribution in [2.24, 2.45) is 0 Å². The molecule has 0 saturated heterocycles. The molecule has 0 atom stereocenters. The number of thiazole rings is 1. The van der Waals surface area contributed by atoms with Gasteiger partial charge in [0.25, 0.3) is 0 Å². The van der Waals surface area contributed by atoms with Crippen LogP contribution >= 0.6 is 22.9 Å². The first-order valence-electron chi connectivity index (χ1n) is 6.19. The number of benzene rings is 1. The van der Waals surface area contributed by atoms with Crippen molar-refractivity contribution >= 4 is 45.8 Å². The maximum Gasteiger partial charge on any atom is 0.250 e. The molecule has 2 rings (SSSR count). The fraction of sp³-hybridized carbons (Fsp3) is 0.133. The van der Waals surface area contributed by atoms with E-state index >= 15 is 0 Å². The van der Waals surface area contributed by atoms with E-state index in [4.69, 9.17) is 11.6 Å². The number of halogens is 1. The smallest absolute Gasteiger partial charge is 0.250 e. The summed E-state index contributed by atoms with van der Waals surface area (Å²) < 4.78 is 0. The van der Waals surface area contributed by atoms with Crippen LogP contribution in [0, 0.1) is 6.92 Å². The molecule has 1 N–H and O–H groups in total. The molecule has 0 unspecified atom stereocenters. The lowest BCUT2D eigenvalue weighted by Gasteiger charge is -1.97. The molecule has 108 valence electrons. The average Bonchev–Trinajstić information content (AvgIpc) is 2.79. The summed E-state index contributed by atoms with van der Waals surface area (Å²) >= 11 is 7.16. The third-order valence-corrected chi connectivity index (χ3v) is 4.18. The minimum absolute atomic E-state index is 0.0582. The Hall–Kier alpha value is -1.98. The van der Waals surface area contributed by atoms with Gasteiger partial charge in [-0.2, -0.15) is 0 Å². The average molecular weight is 321 g/mol. The zero-order chi connectivity index (χ0) is 15.4. The van der Waals surface area contributed by atoms with Crippen LogP contribution in [0.2, 0.25) is 5.02 Å². The molecule has 6 heteroatoms. The quantitative estimate of drug-likeness (QED) is 0.685. The summed E-state index contributed by atoms with van der Waals surface area (Å²) in [5.74, 6) is -0.379. The molecule has 0 spiro atoms. The Kier molecular flexibility index (Phi) is 4.88. The molecule has 0 fully saturated rings. The Morgan fingerprint density at radius 3 is 2.67 bits per heavy atom.